The van der Waals surface area contributed by atoms with Crippen LogP contribution in [0.15, 0.2) is 36.7 Å². The van der Waals surface area contributed by atoms with Gasteiger partial charge in [0.1, 0.15) is 0 Å². The summed E-state index contributed by atoms with van der Waals surface area (Å²) in [5.41, 5.74) is 0.827. The van der Waals surface area contributed by atoms with E-state index in [4.69, 9.17) is 0 Å². The number of benzene rings is 1. The van der Waals surface area contributed by atoms with Gasteiger partial charge in [0.05, 0.1) is 6.54 Å². The average Bonchev–Trinajstić information content (AvgIpc) is 2.37. The van der Waals surface area contributed by atoms with Crippen LogP contribution in [-0.4, -0.2) is 24.0 Å². The third-order valence-corrected chi connectivity index (χ3v) is 2.49. The van der Waals surface area contributed by atoms with E-state index in [1.807, 2.05) is 31.2 Å². The Labute approximate surface area is 100 Å². The number of hydrogen-bond donors (Lipinski definition) is 2. The van der Waals surface area contributed by atoms with Crippen molar-refractivity contribution in [1.29, 1.82) is 0 Å². The molecule has 1 aromatic carbocycles. The van der Waals surface area contributed by atoms with Crippen molar-refractivity contribution < 1.29 is 4.79 Å². The van der Waals surface area contributed by atoms with E-state index in [9.17, 15) is 4.79 Å². The Morgan fingerprint density at radius 3 is 3.06 bits per heavy atom. The second kappa shape index (κ2) is 5.41. The van der Waals surface area contributed by atoms with Crippen molar-refractivity contribution in [2.75, 3.05) is 18.4 Å². The molecule has 0 radical (unpaired) electrons. The average molecular weight is 229 g/mol. The van der Waals surface area contributed by atoms with Gasteiger partial charge in [-0.25, -0.2) is 0 Å². The molecule has 2 N–H and O–H groups in total. The standard InChI is InChI=1S/C13H15N3O/c1-2-14-9-13(17)16-12-5-3-4-10-8-15-7-6-11(10)12/h3-8,14H,2,9H2,1H3,(H,16,17). The van der Waals surface area contributed by atoms with Gasteiger partial charge in [0.25, 0.3) is 0 Å². The summed E-state index contributed by atoms with van der Waals surface area (Å²) >= 11 is 0. The minimum Gasteiger partial charge on any atom is -0.324 e. The van der Waals surface area contributed by atoms with Crippen LogP contribution in [0.3, 0.4) is 0 Å². The van der Waals surface area contributed by atoms with Gasteiger partial charge in [0.2, 0.25) is 5.91 Å². The Kier molecular flexibility index (Phi) is 3.67. The van der Waals surface area contributed by atoms with E-state index in [2.05, 4.69) is 15.6 Å². The van der Waals surface area contributed by atoms with Gasteiger partial charge in [0.15, 0.2) is 0 Å². The number of amides is 1. The maximum Gasteiger partial charge on any atom is 0.238 e. The minimum atomic E-state index is -0.0313. The van der Waals surface area contributed by atoms with Gasteiger partial charge >= 0.3 is 0 Å². The van der Waals surface area contributed by atoms with Gasteiger partial charge in [-0.15, -0.1) is 0 Å². The molecule has 0 aliphatic rings. The van der Waals surface area contributed by atoms with Crippen LogP contribution in [0.5, 0.6) is 0 Å². The largest absolute Gasteiger partial charge is 0.324 e. The molecule has 17 heavy (non-hydrogen) atoms. The van der Waals surface area contributed by atoms with E-state index in [1.54, 1.807) is 12.4 Å². The van der Waals surface area contributed by atoms with Gasteiger partial charge in [-0.2, -0.15) is 0 Å². The van der Waals surface area contributed by atoms with Crippen molar-refractivity contribution in [2.24, 2.45) is 0 Å². The lowest BCUT2D eigenvalue weighted by atomic mass is 10.1. The summed E-state index contributed by atoms with van der Waals surface area (Å²) in [6.07, 6.45) is 3.51. The fraction of sp³-hybridized carbons (Fsp3) is 0.231. The zero-order valence-electron chi connectivity index (χ0n) is 9.73. The molecule has 0 fully saturated rings. The molecule has 4 heteroatoms. The second-order valence-electron chi connectivity index (χ2n) is 3.73. The Morgan fingerprint density at radius 2 is 2.24 bits per heavy atom. The molecule has 4 nitrogen and oxygen atoms in total. The van der Waals surface area contributed by atoms with E-state index in [0.717, 1.165) is 23.0 Å². The molecular formula is C13H15N3O. The first-order valence-electron chi connectivity index (χ1n) is 5.64. The van der Waals surface area contributed by atoms with Crippen LogP contribution < -0.4 is 10.6 Å². The van der Waals surface area contributed by atoms with Gasteiger partial charge < -0.3 is 10.6 Å². The van der Waals surface area contributed by atoms with Crippen molar-refractivity contribution >= 4 is 22.4 Å². The summed E-state index contributed by atoms with van der Waals surface area (Å²) in [6.45, 7) is 3.09. The highest BCUT2D eigenvalue weighted by atomic mass is 16.1. The molecule has 0 unspecified atom stereocenters. The van der Waals surface area contributed by atoms with Crippen LogP contribution in [0.4, 0.5) is 5.69 Å². The van der Waals surface area contributed by atoms with Crippen LogP contribution >= 0.6 is 0 Å². The predicted octanol–water partition coefficient (Wildman–Crippen LogP) is 1.78. The molecule has 0 spiro atoms. The van der Waals surface area contributed by atoms with Crippen LogP contribution in [0.25, 0.3) is 10.8 Å². The van der Waals surface area contributed by atoms with Gasteiger partial charge in [-0.3, -0.25) is 9.78 Å². The molecule has 0 aliphatic heterocycles. The van der Waals surface area contributed by atoms with E-state index in [0.29, 0.717) is 6.54 Å². The molecule has 0 saturated heterocycles. The summed E-state index contributed by atoms with van der Waals surface area (Å²) in [7, 11) is 0. The van der Waals surface area contributed by atoms with Crippen LogP contribution in [-0.2, 0) is 4.79 Å². The highest BCUT2D eigenvalue weighted by Gasteiger charge is 2.04. The molecule has 2 rings (SSSR count). The van der Waals surface area contributed by atoms with Gasteiger partial charge in [-0.05, 0) is 18.7 Å². The lowest BCUT2D eigenvalue weighted by Gasteiger charge is -2.08. The number of nitrogens with one attached hydrogen (secondary N) is 2. The molecule has 1 amide bonds. The summed E-state index contributed by atoms with van der Waals surface area (Å²) in [6, 6.07) is 7.68. The number of likely N-dealkylation sites (N-methyl/N-ethyl adjacent to an activating group) is 1. The zero-order valence-corrected chi connectivity index (χ0v) is 9.73. The summed E-state index contributed by atoms with van der Waals surface area (Å²) in [5.74, 6) is -0.0313. The molecule has 0 saturated carbocycles. The molecule has 0 aliphatic carbocycles. The fourth-order valence-corrected chi connectivity index (χ4v) is 1.66. The number of fused-ring (bicyclic) bond motifs is 1. The van der Waals surface area contributed by atoms with E-state index in [1.165, 1.54) is 0 Å². The van der Waals surface area contributed by atoms with E-state index >= 15 is 0 Å². The second-order valence-corrected chi connectivity index (χ2v) is 3.73. The molecule has 1 heterocycles. The Hall–Kier alpha value is -1.94. The lowest BCUT2D eigenvalue weighted by Crippen LogP contribution is -2.27. The highest BCUT2D eigenvalue weighted by molar-refractivity contribution is 6.02. The number of pyridine rings is 1. The number of aromatic nitrogens is 1. The minimum absolute atomic E-state index is 0.0313. The third-order valence-electron chi connectivity index (χ3n) is 2.49. The first-order valence-corrected chi connectivity index (χ1v) is 5.64. The van der Waals surface area contributed by atoms with Crippen molar-refractivity contribution in [3.63, 3.8) is 0 Å². The summed E-state index contributed by atoms with van der Waals surface area (Å²) in [5, 5.41) is 7.91. The number of carbonyl (C=O) groups is 1. The highest BCUT2D eigenvalue weighted by Crippen LogP contribution is 2.21. The number of hydrogen-bond acceptors (Lipinski definition) is 3. The first-order chi connectivity index (χ1) is 8.31. The SMILES string of the molecule is CCNCC(=O)Nc1cccc2cnccc12. The van der Waals surface area contributed by atoms with Crippen LogP contribution in [0, 0.1) is 0 Å². The summed E-state index contributed by atoms with van der Waals surface area (Å²) < 4.78 is 0. The zero-order chi connectivity index (χ0) is 12.1. The van der Waals surface area contributed by atoms with Gasteiger partial charge in [-0.1, -0.05) is 19.1 Å². The van der Waals surface area contributed by atoms with E-state index in [-0.39, 0.29) is 5.91 Å². The maximum atomic E-state index is 11.6. The molecule has 0 atom stereocenters. The third kappa shape index (κ3) is 2.79. The molecule has 88 valence electrons. The Morgan fingerprint density at radius 1 is 1.35 bits per heavy atom. The Bertz CT molecular complexity index is 520. The smallest absolute Gasteiger partial charge is 0.238 e. The number of carbonyl (C=O) groups excluding carboxylic acids is 1. The first kappa shape index (κ1) is 11.5. The summed E-state index contributed by atoms with van der Waals surface area (Å²) in [4.78, 5) is 15.7. The number of rotatable bonds is 4. The predicted molar refractivity (Wildman–Crippen MR) is 68.9 cm³/mol. The molecule has 0 bridgehead atoms. The maximum absolute atomic E-state index is 11.6. The topological polar surface area (TPSA) is 54.0 Å². The van der Waals surface area contributed by atoms with Gasteiger partial charge in [0, 0.05) is 28.9 Å². The Balaban J connectivity index is 2.21. The molecular weight excluding hydrogens is 214 g/mol. The van der Waals surface area contributed by atoms with Crippen LogP contribution in [0.1, 0.15) is 6.92 Å². The number of nitrogens with zero attached hydrogens (tertiary/aromatic N) is 1. The van der Waals surface area contributed by atoms with E-state index < -0.39 is 0 Å². The van der Waals surface area contributed by atoms with Crippen molar-refractivity contribution in [3.8, 4) is 0 Å². The number of anilines is 1. The molecule has 1 aromatic heterocycles. The van der Waals surface area contributed by atoms with Crippen molar-refractivity contribution in [3.05, 3.63) is 36.7 Å². The van der Waals surface area contributed by atoms with Crippen molar-refractivity contribution in [2.45, 2.75) is 6.92 Å². The van der Waals surface area contributed by atoms with Crippen molar-refractivity contribution in [1.82, 2.24) is 10.3 Å². The monoisotopic (exact) mass is 229 g/mol. The normalized spacial score (nSPS) is 10.4. The fourth-order valence-electron chi connectivity index (χ4n) is 1.66. The quantitative estimate of drug-likeness (QED) is 0.840. The van der Waals surface area contributed by atoms with Crippen LogP contribution in [0.2, 0.25) is 0 Å². The molecule has 2 aromatic rings. The lowest BCUT2D eigenvalue weighted by molar-refractivity contribution is -0.115.